The summed E-state index contributed by atoms with van der Waals surface area (Å²) in [5.41, 5.74) is 0. The standard InChI is InChI=1S/C10H24O4Si/c1-5-10-15(4,13-8-6-11-2)14-9-7-12-3/h5-10H2,1-4H3. The van der Waals surface area contributed by atoms with Crippen molar-refractivity contribution in [3.05, 3.63) is 0 Å². The summed E-state index contributed by atoms with van der Waals surface area (Å²) in [7, 11) is 1.37. The number of hydrogen-bond donors (Lipinski definition) is 0. The predicted molar refractivity (Wildman–Crippen MR) is 62.4 cm³/mol. The summed E-state index contributed by atoms with van der Waals surface area (Å²) in [5.74, 6) is 0. The lowest BCUT2D eigenvalue weighted by Gasteiger charge is -2.26. The van der Waals surface area contributed by atoms with Crippen molar-refractivity contribution < 1.29 is 18.3 Å². The van der Waals surface area contributed by atoms with Crippen molar-refractivity contribution in [2.75, 3.05) is 40.6 Å². The van der Waals surface area contributed by atoms with Crippen LogP contribution in [0.15, 0.2) is 0 Å². The van der Waals surface area contributed by atoms with Gasteiger partial charge in [-0.1, -0.05) is 13.3 Å². The van der Waals surface area contributed by atoms with Gasteiger partial charge in [-0.05, 0) is 12.6 Å². The Bertz CT molecular complexity index is 133. The van der Waals surface area contributed by atoms with Gasteiger partial charge in [0.15, 0.2) is 0 Å². The first-order valence-corrected chi connectivity index (χ1v) is 7.96. The van der Waals surface area contributed by atoms with Crippen LogP contribution >= 0.6 is 0 Å². The van der Waals surface area contributed by atoms with Gasteiger partial charge in [0, 0.05) is 14.2 Å². The Morgan fingerprint density at radius 3 is 1.67 bits per heavy atom. The van der Waals surface area contributed by atoms with Gasteiger partial charge in [0.05, 0.1) is 26.4 Å². The molecule has 4 nitrogen and oxygen atoms in total. The van der Waals surface area contributed by atoms with E-state index in [4.69, 9.17) is 18.3 Å². The Kier molecular flexibility index (Phi) is 9.33. The minimum atomic E-state index is -1.98. The van der Waals surface area contributed by atoms with Crippen molar-refractivity contribution in [1.82, 2.24) is 0 Å². The zero-order valence-corrected chi connectivity index (χ0v) is 11.4. The van der Waals surface area contributed by atoms with Gasteiger partial charge in [0.1, 0.15) is 0 Å². The van der Waals surface area contributed by atoms with Crippen LogP contribution in [0.1, 0.15) is 13.3 Å². The lowest BCUT2D eigenvalue weighted by Crippen LogP contribution is -2.40. The Labute approximate surface area is 94.1 Å². The van der Waals surface area contributed by atoms with Crippen LogP contribution in [-0.2, 0) is 18.3 Å². The van der Waals surface area contributed by atoms with E-state index in [9.17, 15) is 0 Å². The summed E-state index contributed by atoms with van der Waals surface area (Å²) in [6.07, 6.45) is 1.09. The quantitative estimate of drug-likeness (QED) is 0.428. The number of rotatable bonds is 10. The molecule has 0 aliphatic heterocycles. The van der Waals surface area contributed by atoms with E-state index >= 15 is 0 Å². The summed E-state index contributed by atoms with van der Waals surface area (Å²) in [5, 5.41) is 0. The highest BCUT2D eigenvalue weighted by Gasteiger charge is 2.30. The summed E-state index contributed by atoms with van der Waals surface area (Å²) in [6, 6.07) is 1.01. The van der Waals surface area contributed by atoms with Gasteiger partial charge >= 0.3 is 8.56 Å². The molecule has 0 N–H and O–H groups in total. The van der Waals surface area contributed by atoms with Gasteiger partial charge in [-0.25, -0.2) is 0 Å². The van der Waals surface area contributed by atoms with Gasteiger partial charge in [-0.3, -0.25) is 0 Å². The average Bonchev–Trinajstić information content (AvgIpc) is 2.19. The molecule has 0 rings (SSSR count). The highest BCUT2D eigenvalue weighted by Crippen LogP contribution is 2.15. The van der Waals surface area contributed by atoms with Crippen LogP contribution in [0.2, 0.25) is 12.6 Å². The summed E-state index contributed by atoms with van der Waals surface area (Å²) in [4.78, 5) is 0. The molecule has 0 fully saturated rings. The van der Waals surface area contributed by atoms with Crippen molar-refractivity contribution in [2.45, 2.75) is 25.9 Å². The highest BCUT2D eigenvalue weighted by atomic mass is 28.4. The molecule has 92 valence electrons. The van der Waals surface area contributed by atoms with Crippen LogP contribution in [0.5, 0.6) is 0 Å². The van der Waals surface area contributed by atoms with E-state index in [2.05, 4.69) is 13.5 Å². The summed E-state index contributed by atoms with van der Waals surface area (Å²) in [6.45, 7) is 6.73. The second-order valence-electron chi connectivity index (χ2n) is 3.57. The van der Waals surface area contributed by atoms with Gasteiger partial charge < -0.3 is 18.3 Å². The fourth-order valence-electron chi connectivity index (χ4n) is 1.32. The lowest BCUT2D eigenvalue weighted by atomic mass is 10.6. The molecule has 0 saturated carbocycles. The molecule has 0 bridgehead atoms. The Morgan fingerprint density at radius 2 is 1.33 bits per heavy atom. The topological polar surface area (TPSA) is 36.9 Å². The molecule has 0 unspecified atom stereocenters. The Balaban J connectivity index is 3.83. The van der Waals surface area contributed by atoms with Crippen molar-refractivity contribution in [2.24, 2.45) is 0 Å². The zero-order chi connectivity index (χ0) is 11.6. The van der Waals surface area contributed by atoms with Crippen LogP contribution in [0.4, 0.5) is 0 Å². The van der Waals surface area contributed by atoms with E-state index in [-0.39, 0.29) is 0 Å². The van der Waals surface area contributed by atoms with Crippen molar-refractivity contribution in [3.63, 3.8) is 0 Å². The maximum Gasteiger partial charge on any atom is 0.335 e. The SMILES string of the molecule is CCC[Si](C)(OCCOC)OCCOC. The molecule has 15 heavy (non-hydrogen) atoms. The molecule has 0 radical (unpaired) electrons. The zero-order valence-electron chi connectivity index (χ0n) is 10.4. The number of ether oxygens (including phenoxy) is 2. The molecule has 0 heterocycles. The molecule has 0 saturated heterocycles. The normalized spacial score (nSPS) is 12.0. The third-order valence-electron chi connectivity index (χ3n) is 2.09. The summed E-state index contributed by atoms with van der Waals surface area (Å²) >= 11 is 0. The van der Waals surface area contributed by atoms with Gasteiger partial charge in [0.2, 0.25) is 0 Å². The smallest absolute Gasteiger partial charge is 0.335 e. The van der Waals surface area contributed by atoms with Gasteiger partial charge in [0.25, 0.3) is 0 Å². The van der Waals surface area contributed by atoms with E-state index in [1.54, 1.807) is 14.2 Å². The maximum absolute atomic E-state index is 5.79. The Morgan fingerprint density at radius 1 is 0.867 bits per heavy atom. The van der Waals surface area contributed by atoms with Gasteiger partial charge in [-0.15, -0.1) is 0 Å². The van der Waals surface area contributed by atoms with E-state index in [1.165, 1.54) is 0 Å². The van der Waals surface area contributed by atoms with Crippen molar-refractivity contribution in [3.8, 4) is 0 Å². The minimum absolute atomic E-state index is 0.617. The number of methoxy groups -OCH3 is 2. The minimum Gasteiger partial charge on any atom is -0.392 e. The van der Waals surface area contributed by atoms with Crippen LogP contribution < -0.4 is 0 Å². The molecule has 0 atom stereocenters. The molecule has 5 heteroatoms. The van der Waals surface area contributed by atoms with E-state index in [0.29, 0.717) is 26.4 Å². The number of hydrogen-bond acceptors (Lipinski definition) is 4. The second kappa shape index (κ2) is 9.29. The first-order chi connectivity index (χ1) is 7.18. The van der Waals surface area contributed by atoms with Crippen LogP contribution in [0.25, 0.3) is 0 Å². The van der Waals surface area contributed by atoms with Crippen molar-refractivity contribution in [1.29, 1.82) is 0 Å². The largest absolute Gasteiger partial charge is 0.392 e. The van der Waals surface area contributed by atoms with Crippen molar-refractivity contribution >= 4 is 8.56 Å². The molecule has 0 amide bonds. The van der Waals surface area contributed by atoms with Gasteiger partial charge in [-0.2, -0.15) is 0 Å². The first kappa shape index (κ1) is 15.1. The maximum atomic E-state index is 5.79. The Hall–Kier alpha value is 0.0569. The summed E-state index contributed by atoms with van der Waals surface area (Å²) < 4.78 is 21.5. The second-order valence-corrected chi connectivity index (χ2v) is 6.91. The molecule has 0 aromatic carbocycles. The third kappa shape index (κ3) is 7.93. The van der Waals surface area contributed by atoms with E-state index in [1.807, 2.05) is 0 Å². The first-order valence-electron chi connectivity index (χ1n) is 5.44. The molecular weight excluding hydrogens is 212 g/mol. The molecular formula is C10H24O4Si. The molecule has 0 aliphatic carbocycles. The third-order valence-corrected chi connectivity index (χ3v) is 5.13. The fraction of sp³-hybridized carbons (Fsp3) is 1.00. The van der Waals surface area contributed by atoms with Crippen LogP contribution in [0.3, 0.4) is 0 Å². The highest BCUT2D eigenvalue weighted by molar-refractivity contribution is 6.66. The molecule has 0 aliphatic rings. The lowest BCUT2D eigenvalue weighted by molar-refractivity contribution is 0.0884. The van der Waals surface area contributed by atoms with E-state index < -0.39 is 8.56 Å². The van der Waals surface area contributed by atoms with Crippen LogP contribution in [0, 0.1) is 0 Å². The molecule has 0 aromatic rings. The monoisotopic (exact) mass is 236 g/mol. The molecule has 0 spiro atoms. The molecule has 0 aromatic heterocycles. The average molecular weight is 236 g/mol. The fourth-order valence-corrected chi connectivity index (χ4v) is 3.63. The predicted octanol–water partition coefficient (Wildman–Crippen LogP) is 1.79. The van der Waals surface area contributed by atoms with Crippen LogP contribution in [-0.4, -0.2) is 49.2 Å². The van der Waals surface area contributed by atoms with E-state index in [0.717, 1.165) is 12.5 Å².